The number of rotatable bonds is 9. The molecule has 1 amide bonds. The first-order chi connectivity index (χ1) is 17.9. The number of ether oxygens (including phenoxy) is 4. The van der Waals surface area contributed by atoms with E-state index in [0.29, 0.717) is 50.7 Å². The van der Waals surface area contributed by atoms with Crippen LogP contribution < -0.4 is 24.4 Å². The van der Waals surface area contributed by atoms with Gasteiger partial charge in [-0.1, -0.05) is 30.3 Å². The lowest BCUT2D eigenvalue weighted by Gasteiger charge is -2.15. The van der Waals surface area contributed by atoms with Crippen LogP contribution in [-0.2, 0) is 0 Å². The summed E-state index contributed by atoms with van der Waals surface area (Å²) >= 11 is 0. The van der Waals surface area contributed by atoms with Gasteiger partial charge in [0.15, 0.2) is 11.5 Å². The summed E-state index contributed by atoms with van der Waals surface area (Å²) in [6.07, 6.45) is 1.51. The van der Waals surface area contributed by atoms with Gasteiger partial charge in [0.25, 0.3) is 5.91 Å². The third kappa shape index (κ3) is 5.64. The molecule has 0 radical (unpaired) electrons. The molecule has 190 valence electrons. The summed E-state index contributed by atoms with van der Waals surface area (Å²) in [6, 6.07) is 20.4. The van der Waals surface area contributed by atoms with E-state index in [1.807, 2.05) is 62.4 Å². The van der Waals surface area contributed by atoms with Gasteiger partial charge in [-0.25, -0.2) is 10.4 Å². The van der Waals surface area contributed by atoms with Crippen LogP contribution in [0.15, 0.2) is 71.8 Å². The maximum atomic E-state index is 13.3. The van der Waals surface area contributed by atoms with Crippen LogP contribution in [0.25, 0.3) is 22.2 Å². The lowest BCUT2D eigenvalue weighted by molar-refractivity contribution is 0.0956. The van der Waals surface area contributed by atoms with Gasteiger partial charge in [0.1, 0.15) is 5.75 Å². The topological polar surface area (TPSA) is 91.3 Å². The second kappa shape index (κ2) is 11.4. The van der Waals surface area contributed by atoms with E-state index in [-0.39, 0.29) is 12.0 Å². The van der Waals surface area contributed by atoms with Crippen LogP contribution in [0.1, 0.15) is 29.8 Å². The Bertz CT molecular complexity index is 1420. The first-order valence-electron chi connectivity index (χ1n) is 11.7. The van der Waals surface area contributed by atoms with Crippen molar-refractivity contribution in [2.45, 2.75) is 20.0 Å². The second-order valence-electron chi connectivity index (χ2n) is 8.39. The molecule has 4 rings (SSSR count). The van der Waals surface area contributed by atoms with Crippen LogP contribution >= 0.6 is 0 Å². The molecule has 3 aromatic carbocycles. The molecule has 0 aliphatic rings. The largest absolute Gasteiger partial charge is 0.493 e. The number of nitrogens with zero attached hydrogens (tertiary/aromatic N) is 2. The fourth-order valence-electron chi connectivity index (χ4n) is 3.94. The molecule has 0 saturated carbocycles. The van der Waals surface area contributed by atoms with E-state index in [1.165, 1.54) is 27.5 Å². The maximum Gasteiger partial charge on any atom is 0.272 e. The number of aromatic nitrogens is 1. The molecule has 0 fully saturated rings. The number of carbonyl (C=O) groups is 1. The number of nitrogens with one attached hydrogen (secondary N) is 1. The average Bonchev–Trinajstić information content (AvgIpc) is 2.91. The highest BCUT2D eigenvalue weighted by molar-refractivity contribution is 6.07. The van der Waals surface area contributed by atoms with E-state index in [2.05, 4.69) is 10.5 Å². The molecular formula is C29H29N3O5. The van der Waals surface area contributed by atoms with E-state index >= 15 is 0 Å². The van der Waals surface area contributed by atoms with Crippen molar-refractivity contribution >= 4 is 23.0 Å². The Morgan fingerprint density at radius 1 is 0.892 bits per heavy atom. The van der Waals surface area contributed by atoms with Crippen LogP contribution in [0.3, 0.4) is 0 Å². The van der Waals surface area contributed by atoms with Crippen molar-refractivity contribution in [1.29, 1.82) is 0 Å². The highest BCUT2D eigenvalue weighted by atomic mass is 16.5. The number of para-hydroxylation sites is 2. The van der Waals surface area contributed by atoms with Gasteiger partial charge >= 0.3 is 0 Å². The van der Waals surface area contributed by atoms with Crippen molar-refractivity contribution in [3.63, 3.8) is 0 Å². The lowest BCUT2D eigenvalue weighted by Crippen LogP contribution is -2.18. The van der Waals surface area contributed by atoms with Gasteiger partial charge in [-0.2, -0.15) is 5.10 Å². The summed E-state index contributed by atoms with van der Waals surface area (Å²) in [5, 5.41) is 4.89. The monoisotopic (exact) mass is 499 g/mol. The van der Waals surface area contributed by atoms with E-state index < -0.39 is 0 Å². The van der Waals surface area contributed by atoms with Crippen molar-refractivity contribution in [2.24, 2.45) is 5.10 Å². The molecule has 0 atom stereocenters. The molecule has 0 saturated heterocycles. The molecule has 0 spiro atoms. The molecule has 0 unspecified atom stereocenters. The highest BCUT2D eigenvalue weighted by Crippen LogP contribution is 2.37. The van der Waals surface area contributed by atoms with Gasteiger partial charge in [-0.3, -0.25) is 4.79 Å². The normalized spacial score (nSPS) is 11.1. The summed E-state index contributed by atoms with van der Waals surface area (Å²) in [5.74, 6) is 1.78. The molecule has 8 heteroatoms. The molecule has 0 aliphatic heterocycles. The Morgan fingerprint density at radius 2 is 1.57 bits per heavy atom. The number of fused-ring (bicyclic) bond motifs is 1. The first-order valence-corrected chi connectivity index (χ1v) is 11.7. The average molecular weight is 500 g/mol. The van der Waals surface area contributed by atoms with Crippen molar-refractivity contribution in [2.75, 3.05) is 21.3 Å². The molecule has 8 nitrogen and oxygen atoms in total. The molecule has 1 heterocycles. The minimum absolute atomic E-state index is 0.00563. The Balaban J connectivity index is 1.68. The van der Waals surface area contributed by atoms with Gasteiger partial charge in [0, 0.05) is 16.5 Å². The van der Waals surface area contributed by atoms with Crippen molar-refractivity contribution < 1.29 is 23.7 Å². The predicted octanol–water partition coefficient (Wildman–Crippen LogP) is 5.48. The SMILES string of the molecule is COc1cc(/C=N/NC(=O)c2cc(-c3ccccc3OC(C)C)nc3ccccc23)cc(OC)c1OC. The first kappa shape index (κ1) is 25.5. The van der Waals surface area contributed by atoms with Crippen LogP contribution in [-0.4, -0.2) is 44.5 Å². The Morgan fingerprint density at radius 3 is 2.24 bits per heavy atom. The Labute approximate surface area is 215 Å². The van der Waals surface area contributed by atoms with E-state index in [1.54, 1.807) is 18.2 Å². The van der Waals surface area contributed by atoms with Crippen LogP contribution in [0.2, 0.25) is 0 Å². The molecular weight excluding hydrogens is 470 g/mol. The van der Waals surface area contributed by atoms with Crippen molar-refractivity contribution in [3.8, 4) is 34.3 Å². The molecule has 4 aromatic rings. The van der Waals surface area contributed by atoms with Gasteiger partial charge < -0.3 is 18.9 Å². The van der Waals surface area contributed by atoms with Crippen LogP contribution in [0, 0.1) is 0 Å². The number of pyridine rings is 1. The number of hydrogen-bond acceptors (Lipinski definition) is 7. The smallest absolute Gasteiger partial charge is 0.272 e. The zero-order valence-corrected chi connectivity index (χ0v) is 21.4. The Kier molecular flexibility index (Phi) is 7.88. The molecule has 1 N–H and O–H groups in total. The van der Waals surface area contributed by atoms with Crippen LogP contribution in [0.4, 0.5) is 0 Å². The highest BCUT2D eigenvalue weighted by Gasteiger charge is 2.17. The van der Waals surface area contributed by atoms with E-state index in [0.717, 1.165) is 5.56 Å². The minimum atomic E-state index is -0.370. The third-order valence-corrected chi connectivity index (χ3v) is 5.55. The summed E-state index contributed by atoms with van der Waals surface area (Å²) < 4.78 is 22.1. The maximum absolute atomic E-state index is 13.3. The fourth-order valence-corrected chi connectivity index (χ4v) is 3.94. The molecule has 37 heavy (non-hydrogen) atoms. The van der Waals surface area contributed by atoms with E-state index in [9.17, 15) is 4.79 Å². The number of carbonyl (C=O) groups excluding carboxylic acids is 1. The number of methoxy groups -OCH3 is 3. The minimum Gasteiger partial charge on any atom is -0.493 e. The van der Waals surface area contributed by atoms with Gasteiger partial charge in [0.05, 0.1) is 50.4 Å². The van der Waals surface area contributed by atoms with Crippen molar-refractivity contribution in [3.05, 3.63) is 77.9 Å². The Hall–Kier alpha value is -4.59. The zero-order valence-electron chi connectivity index (χ0n) is 21.4. The molecule has 0 aliphatic carbocycles. The summed E-state index contributed by atoms with van der Waals surface area (Å²) in [6.45, 7) is 3.94. The predicted molar refractivity (Wildman–Crippen MR) is 144 cm³/mol. The van der Waals surface area contributed by atoms with E-state index in [4.69, 9.17) is 23.9 Å². The fraction of sp³-hybridized carbons (Fsp3) is 0.207. The number of hydrazone groups is 1. The molecule has 1 aromatic heterocycles. The quantitative estimate of drug-likeness (QED) is 0.242. The summed E-state index contributed by atoms with van der Waals surface area (Å²) in [5.41, 5.74) is 5.86. The number of benzene rings is 3. The van der Waals surface area contributed by atoms with Gasteiger partial charge in [0.2, 0.25) is 5.75 Å². The third-order valence-electron chi connectivity index (χ3n) is 5.55. The zero-order chi connectivity index (χ0) is 26.4. The number of hydrogen-bond donors (Lipinski definition) is 1. The molecule has 0 bridgehead atoms. The van der Waals surface area contributed by atoms with Crippen molar-refractivity contribution in [1.82, 2.24) is 10.4 Å². The summed E-state index contributed by atoms with van der Waals surface area (Å²) in [7, 11) is 4.61. The van der Waals surface area contributed by atoms with Gasteiger partial charge in [-0.15, -0.1) is 0 Å². The van der Waals surface area contributed by atoms with Crippen LogP contribution in [0.5, 0.6) is 23.0 Å². The summed E-state index contributed by atoms with van der Waals surface area (Å²) in [4.78, 5) is 18.1. The second-order valence-corrected chi connectivity index (χ2v) is 8.39. The lowest BCUT2D eigenvalue weighted by atomic mass is 10.0. The number of amides is 1. The van der Waals surface area contributed by atoms with Gasteiger partial charge in [-0.05, 0) is 50.2 Å². The standard InChI is InChI=1S/C29H29N3O5/c1-18(2)37-25-13-9-7-11-21(25)24-16-22(20-10-6-8-12-23(20)31-24)29(33)32-30-17-19-14-26(34-3)28(36-5)27(15-19)35-4/h6-18H,1-5H3,(H,32,33)/b30-17+.